The van der Waals surface area contributed by atoms with Gasteiger partial charge in [-0.15, -0.1) is 0 Å². The monoisotopic (exact) mass is 316 g/mol. The Hall–Kier alpha value is -2.25. The third-order valence-electron chi connectivity index (χ3n) is 3.32. The van der Waals surface area contributed by atoms with E-state index < -0.39 is 6.10 Å². The summed E-state index contributed by atoms with van der Waals surface area (Å²) in [7, 11) is 0. The number of carbonyl (C=O) groups is 1. The first-order valence-electron chi connectivity index (χ1n) is 6.99. The Bertz CT molecular complexity index is 721. The second-order valence-corrected chi connectivity index (χ2v) is 5.71. The molecule has 7 heteroatoms. The molecule has 114 valence electrons. The zero-order valence-electron chi connectivity index (χ0n) is 11.8. The zero-order valence-corrected chi connectivity index (χ0v) is 12.6. The molecule has 0 bridgehead atoms. The van der Waals surface area contributed by atoms with Gasteiger partial charge >= 0.3 is 0 Å². The number of aromatic amines is 1. The quantitative estimate of drug-likeness (QED) is 0.647. The number of imidazole rings is 1. The van der Waals surface area contributed by atoms with Gasteiger partial charge in [0, 0.05) is 25.6 Å². The highest BCUT2D eigenvalue weighted by Gasteiger charge is 2.11. The van der Waals surface area contributed by atoms with Gasteiger partial charge in [0.25, 0.3) is 0 Å². The summed E-state index contributed by atoms with van der Waals surface area (Å²) in [5.74, 6) is 0.630. The third-order valence-corrected chi connectivity index (χ3v) is 4.02. The first-order valence-corrected chi connectivity index (χ1v) is 7.93. The van der Waals surface area contributed by atoms with Crippen LogP contribution in [0, 0.1) is 0 Å². The van der Waals surface area contributed by atoms with Gasteiger partial charge in [-0.25, -0.2) is 9.97 Å². The minimum atomic E-state index is -0.661. The number of amides is 1. The molecule has 3 rings (SSSR count). The average molecular weight is 316 g/mol. The lowest BCUT2D eigenvalue weighted by atomic mass is 10.2. The van der Waals surface area contributed by atoms with Crippen LogP contribution in [0.1, 0.15) is 23.9 Å². The predicted molar refractivity (Wildman–Crippen MR) is 84.5 cm³/mol. The number of hydrogen-bond donors (Lipinski definition) is 3. The third kappa shape index (κ3) is 3.49. The van der Waals surface area contributed by atoms with Crippen molar-refractivity contribution in [1.82, 2.24) is 20.3 Å². The molecule has 3 N–H and O–H groups in total. The van der Waals surface area contributed by atoms with E-state index in [1.165, 1.54) is 11.3 Å². The maximum Gasteiger partial charge on any atom is 0.220 e. The van der Waals surface area contributed by atoms with Gasteiger partial charge in [-0.05, 0) is 34.5 Å². The van der Waals surface area contributed by atoms with Gasteiger partial charge in [-0.2, -0.15) is 11.3 Å². The van der Waals surface area contributed by atoms with Crippen LogP contribution < -0.4 is 5.32 Å². The Kier molecular flexibility index (Phi) is 4.45. The molecular weight excluding hydrogens is 300 g/mol. The zero-order chi connectivity index (χ0) is 15.4. The standard InChI is InChI=1S/C15H16N4O2S/c20-12(10-5-7-22-9-10)8-17-14(21)4-3-13-18-11-2-1-6-16-15(11)19-13/h1-2,5-7,9,12,20H,3-4,8H2,(H,17,21)(H,16,18,19). The molecule has 1 atom stereocenters. The van der Waals surface area contributed by atoms with Crippen molar-refractivity contribution < 1.29 is 9.90 Å². The van der Waals surface area contributed by atoms with Crippen molar-refractivity contribution in [3.63, 3.8) is 0 Å². The van der Waals surface area contributed by atoms with Crippen LogP contribution in [0.3, 0.4) is 0 Å². The smallest absolute Gasteiger partial charge is 0.220 e. The summed E-state index contributed by atoms with van der Waals surface area (Å²) in [5, 5.41) is 16.4. The number of H-pyrrole nitrogens is 1. The van der Waals surface area contributed by atoms with Crippen LogP contribution >= 0.6 is 11.3 Å². The van der Waals surface area contributed by atoms with Crippen LogP contribution in [0.4, 0.5) is 0 Å². The van der Waals surface area contributed by atoms with Gasteiger partial charge in [0.05, 0.1) is 11.6 Å². The number of aliphatic hydroxyl groups excluding tert-OH is 1. The summed E-state index contributed by atoms with van der Waals surface area (Å²) in [4.78, 5) is 23.4. The number of carbonyl (C=O) groups excluding carboxylic acids is 1. The van der Waals surface area contributed by atoms with Crippen LogP contribution in [0.15, 0.2) is 35.2 Å². The molecule has 0 aliphatic heterocycles. The molecule has 0 aromatic carbocycles. The van der Waals surface area contributed by atoms with Crippen molar-refractivity contribution >= 4 is 28.4 Å². The Balaban J connectivity index is 1.48. The van der Waals surface area contributed by atoms with Crippen molar-refractivity contribution in [3.05, 3.63) is 46.5 Å². The number of aryl methyl sites for hydroxylation is 1. The first-order chi connectivity index (χ1) is 10.7. The van der Waals surface area contributed by atoms with E-state index in [4.69, 9.17) is 0 Å². The van der Waals surface area contributed by atoms with Gasteiger partial charge < -0.3 is 15.4 Å². The van der Waals surface area contributed by atoms with Gasteiger partial charge in [0.15, 0.2) is 5.65 Å². The van der Waals surface area contributed by atoms with E-state index in [0.29, 0.717) is 18.5 Å². The lowest BCUT2D eigenvalue weighted by Crippen LogP contribution is -2.28. The summed E-state index contributed by atoms with van der Waals surface area (Å²) in [6, 6.07) is 5.59. The van der Waals surface area contributed by atoms with E-state index in [2.05, 4.69) is 20.3 Å². The van der Waals surface area contributed by atoms with E-state index in [1.807, 2.05) is 29.0 Å². The van der Waals surface area contributed by atoms with Gasteiger partial charge in [-0.3, -0.25) is 4.79 Å². The summed E-state index contributed by atoms with van der Waals surface area (Å²) >= 11 is 1.52. The predicted octanol–water partition coefficient (Wildman–Crippen LogP) is 1.80. The summed E-state index contributed by atoms with van der Waals surface area (Å²) in [6.45, 7) is 0.219. The molecule has 3 aromatic rings. The fraction of sp³-hybridized carbons (Fsp3) is 0.267. The SMILES string of the molecule is O=C(CCc1nc2ncccc2[nH]1)NCC(O)c1ccsc1. The van der Waals surface area contributed by atoms with E-state index in [9.17, 15) is 9.90 Å². The fourth-order valence-corrected chi connectivity index (χ4v) is 2.83. The number of fused-ring (bicyclic) bond motifs is 1. The number of thiophene rings is 1. The van der Waals surface area contributed by atoms with Crippen LogP contribution in [0.2, 0.25) is 0 Å². The number of nitrogens with one attached hydrogen (secondary N) is 2. The summed E-state index contributed by atoms with van der Waals surface area (Å²) < 4.78 is 0. The lowest BCUT2D eigenvalue weighted by Gasteiger charge is -2.10. The number of hydrogen-bond acceptors (Lipinski definition) is 5. The van der Waals surface area contributed by atoms with Crippen LogP contribution in [-0.4, -0.2) is 32.5 Å². The molecule has 1 unspecified atom stereocenters. The normalized spacial score (nSPS) is 12.4. The Morgan fingerprint density at radius 3 is 3.14 bits per heavy atom. The molecule has 0 radical (unpaired) electrons. The van der Waals surface area contributed by atoms with E-state index in [0.717, 1.165) is 16.9 Å². The number of aromatic nitrogens is 3. The number of rotatable bonds is 6. The molecule has 0 aliphatic carbocycles. The minimum absolute atomic E-state index is 0.109. The summed E-state index contributed by atoms with van der Waals surface area (Å²) in [6.07, 6.45) is 1.85. The number of pyridine rings is 1. The van der Waals surface area contributed by atoms with E-state index in [1.54, 1.807) is 6.20 Å². The van der Waals surface area contributed by atoms with Gasteiger partial charge in [0.2, 0.25) is 5.91 Å². The molecule has 0 aliphatic rings. The Labute approximate surface area is 131 Å². The van der Waals surface area contributed by atoms with Crippen LogP contribution in [0.5, 0.6) is 0 Å². The van der Waals surface area contributed by atoms with Gasteiger partial charge in [-0.1, -0.05) is 0 Å². The highest BCUT2D eigenvalue weighted by Crippen LogP contribution is 2.15. The topological polar surface area (TPSA) is 90.9 Å². The second kappa shape index (κ2) is 6.67. The average Bonchev–Trinajstić information content (AvgIpc) is 3.19. The van der Waals surface area contributed by atoms with E-state index in [-0.39, 0.29) is 12.5 Å². The molecule has 3 heterocycles. The van der Waals surface area contributed by atoms with Crippen LogP contribution in [0.25, 0.3) is 11.2 Å². The van der Waals surface area contributed by atoms with Crippen molar-refractivity contribution in [3.8, 4) is 0 Å². The molecule has 0 spiro atoms. The molecule has 1 amide bonds. The Morgan fingerprint density at radius 2 is 2.36 bits per heavy atom. The highest BCUT2D eigenvalue weighted by atomic mass is 32.1. The Morgan fingerprint density at radius 1 is 1.45 bits per heavy atom. The largest absolute Gasteiger partial charge is 0.387 e. The van der Waals surface area contributed by atoms with Crippen molar-refractivity contribution in [2.45, 2.75) is 18.9 Å². The number of aliphatic hydroxyl groups is 1. The maximum atomic E-state index is 11.8. The molecule has 6 nitrogen and oxygen atoms in total. The molecule has 0 fully saturated rings. The highest BCUT2D eigenvalue weighted by molar-refractivity contribution is 7.07. The van der Waals surface area contributed by atoms with E-state index >= 15 is 0 Å². The van der Waals surface area contributed by atoms with Gasteiger partial charge in [0.1, 0.15) is 5.82 Å². The second-order valence-electron chi connectivity index (χ2n) is 4.93. The molecule has 0 saturated carbocycles. The van der Waals surface area contributed by atoms with Crippen LogP contribution in [-0.2, 0) is 11.2 Å². The first kappa shape index (κ1) is 14.7. The van der Waals surface area contributed by atoms with Crippen molar-refractivity contribution in [2.24, 2.45) is 0 Å². The fourth-order valence-electron chi connectivity index (χ4n) is 2.13. The maximum absolute atomic E-state index is 11.8. The molecular formula is C15H16N4O2S. The van der Waals surface area contributed by atoms with Crippen molar-refractivity contribution in [1.29, 1.82) is 0 Å². The van der Waals surface area contributed by atoms with Crippen molar-refractivity contribution in [2.75, 3.05) is 6.54 Å². The molecule has 0 saturated heterocycles. The lowest BCUT2D eigenvalue weighted by molar-refractivity contribution is -0.121. The minimum Gasteiger partial charge on any atom is -0.387 e. The summed E-state index contributed by atoms with van der Waals surface area (Å²) in [5.41, 5.74) is 2.35. The molecule has 3 aromatic heterocycles. The number of nitrogens with zero attached hydrogens (tertiary/aromatic N) is 2. The molecule has 22 heavy (non-hydrogen) atoms.